The van der Waals surface area contributed by atoms with Crippen LogP contribution in [0.15, 0.2) is 24.3 Å². The molecule has 2 N–H and O–H groups in total. The van der Waals surface area contributed by atoms with Crippen LogP contribution >= 0.6 is 0 Å². The number of hydrogen-bond acceptors (Lipinski definition) is 3. The van der Waals surface area contributed by atoms with E-state index in [1.165, 1.54) is 0 Å². The Morgan fingerprint density at radius 1 is 1.28 bits per heavy atom. The van der Waals surface area contributed by atoms with E-state index in [9.17, 15) is 10.2 Å². The lowest BCUT2D eigenvalue weighted by Gasteiger charge is -2.38. The second-order valence-corrected chi connectivity index (χ2v) is 5.35. The third-order valence-corrected chi connectivity index (χ3v) is 4.02. The second kappa shape index (κ2) is 5.39. The van der Waals surface area contributed by atoms with E-state index >= 15 is 0 Å². The van der Waals surface area contributed by atoms with Crippen LogP contribution in [-0.4, -0.2) is 35.3 Å². The van der Waals surface area contributed by atoms with Crippen molar-refractivity contribution in [2.45, 2.75) is 37.9 Å². The zero-order valence-corrected chi connectivity index (χ0v) is 11.3. The number of likely N-dealkylation sites (tertiary alicyclic amines) is 1. The number of nitrogens with zero attached hydrogens (tertiary/aromatic N) is 1. The summed E-state index contributed by atoms with van der Waals surface area (Å²) in [6.45, 7) is 3.75. The zero-order chi connectivity index (χ0) is 13.2. The van der Waals surface area contributed by atoms with Crippen molar-refractivity contribution in [1.29, 1.82) is 0 Å². The first-order chi connectivity index (χ1) is 8.57. The SMILES string of the molecule is CCC(O)c1ccccc1C1(O)CCN(C)CC1. The van der Waals surface area contributed by atoms with Gasteiger partial charge in [-0.15, -0.1) is 0 Å². The van der Waals surface area contributed by atoms with Gasteiger partial charge in [-0.2, -0.15) is 0 Å². The van der Waals surface area contributed by atoms with Crippen molar-refractivity contribution in [3.8, 4) is 0 Å². The Hall–Kier alpha value is -0.900. The molecule has 0 bridgehead atoms. The minimum Gasteiger partial charge on any atom is -0.388 e. The smallest absolute Gasteiger partial charge is 0.0924 e. The van der Waals surface area contributed by atoms with Gasteiger partial charge in [0.2, 0.25) is 0 Å². The Morgan fingerprint density at radius 2 is 1.89 bits per heavy atom. The fraction of sp³-hybridized carbons (Fsp3) is 0.600. The largest absolute Gasteiger partial charge is 0.388 e. The van der Waals surface area contributed by atoms with Gasteiger partial charge in [-0.25, -0.2) is 0 Å². The topological polar surface area (TPSA) is 43.7 Å². The van der Waals surface area contributed by atoms with E-state index in [0.29, 0.717) is 6.42 Å². The zero-order valence-electron chi connectivity index (χ0n) is 11.3. The maximum Gasteiger partial charge on any atom is 0.0924 e. The molecule has 1 fully saturated rings. The van der Waals surface area contributed by atoms with Crippen LogP contribution in [0.4, 0.5) is 0 Å². The fourth-order valence-electron chi connectivity index (χ4n) is 2.69. The first kappa shape index (κ1) is 13.5. The lowest BCUT2D eigenvalue weighted by molar-refractivity contribution is -0.0227. The molecule has 2 rings (SSSR count). The van der Waals surface area contributed by atoms with Crippen LogP contribution in [0.5, 0.6) is 0 Å². The highest BCUT2D eigenvalue weighted by molar-refractivity contribution is 5.34. The third-order valence-electron chi connectivity index (χ3n) is 4.02. The van der Waals surface area contributed by atoms with E-state index in [-0.39, 0.29) is 0 Å². The molecule has 1 saturated heterocycles. The van der Waals surface area contributed by atoms with Crippen molar-refractivity contribution >= 4 is 0 Å². The summed E-state index contributed by atoms with van der Waals surface area (Å²) in [6, 6.07) is 7.76. The van der Waals surface area contributed by atoms with E-state index in [2.05, 4.69) is 11.9 Å². The molecule has 1 heterocycles. The van der Waals surface area contributed by atoms with Gasteiger partial charge < -0.3 is 15.1 Å². The van der Waals surface area contributed by atoms with Gasteiger partial charge in [0.05, 0.1) is 11.7 Å². The quantitative estimate of drug-likeness (QED) is 0.861. The first-order valence-corrected chi connectivity index (χ1v) is 6.75. The van der Waals surface area contributed by atoms with Gasteiger partial charge in [0.1, 0.15) is 0 Å². The van der Waals surface area contributed by atoms with Crippen LogP contribution in [0.2, 0.25) is 0 Å². The summed E-state index contributed by atoms with van der Waals surface area (Å²) < 4.78 is 0. The summed E-state index contributed by atoms with van der Waals surface area (Å²) in [4.78, 5) is 2.23. The summed E-state index contributed by atoms with van der Waals surface area (Å²) in [7, 11) is 2.08. The molecule has 0 radical (unpaired) electrons. The highest BCUT2D eigenvalue weighted by Gasteiger charge is 2.35. The van der Waals surface area contributed by atoms with Crippen LogP contribution in [0.25, 0.3) is 0 Å². The van der Waals surface area contributed by atoms with Gasteiger partial charge in [-0.3, -0.25) is 0 Å². The molecule has 1 aromatic rings. The standard InChI is InChI=1S/C15H23NO2/c1-3-14(17)12-6-4-5-7-13(12)15(18)8-10-16(2)11-9-15/h4-7,14,17-18H,3,8-11H2,1-2H3. The van der Waals surface area contributed by atoms with E-state index in [1.54, 1.807) is 0 Å². The predicted molar refractivity (Wildman–Crippen MR) is 72.3 cm³/mol. The molecule has 0 aromatic heterocycles. The Balaban J connectivity index is 2.32. The summed E-state index contributed by atoms with van der Waals surface area (Å²) in [5, 5.41) is 20.9. The molecular weight excluding hydrogens is 226 g/mol. The van der Waals surface area contributed by atoms with Crippen LogP contribution in [0, 0.1) is 0 Å². The van der Waals surface area contributed by atoms with Crippen molar-refractivity contribution in [2.24, 2.45) is 0 Å². The molecule has 18 heavy (non-hydrogen) atoms. The highest BCUT2D eigenvalue weighted by atomic mass is 16.3. The van der Waals surface area contributed by atoms with Gasteiger partial charge in [-0.1, -0.05) is 31.2 Å². The maximum absolute atomic E-state index is 10.8. The lowest BCUT2D eigenvalue weighted by Crippen LogP contribution is -2.41. The van der Waals surface area contributed by atoms with Crippen molar-refractivity contribution in [3.63, 3.8) is 0 Å². The van der Waals surface area contributed by atoms with E-state index in [4.69, 9.17) is 0 Å². The molecule has 0 saturated carbocycles. The molecule has 1 atom stereocenters. The maximum atomic E-state index is 10.8. The predicted octanol–water partition coefficient (Wildman–Crippen LogP) is 2.04. The van der Waals surface area contributed by atoms with Crippen molar-refractivity contribution < 1.29 is 10.2 Å². The van der Waals surface area contributed by atoms with Crippen LogP contribution in [-0.2, 0) is 5.60 Å². The van der Waals surface area contributed by atoms with E-state index in [0.717, 1.165) is 37.1 Å². The third kappa shape index (κ3) is 2.58. The monoisotopic (exact) mass is 249 g/mol. The Kier molecular flexibility index (Phi) is 4.05. The van der Waals surface area contributed by atoms with Gasteiger partial charge in [0.25, 0.3) is 0 Å². The van der Waals surface area contributed by atoms with Gasteiger partial charge in [-0.05, 0) is 37.4 Å². The molecule has 0 spiro atoms. The minimum atomic E-state index is -0.779. The first-order valence-electron chi connectivity index (χ1n) is 6.75. The summed E-state index contributed by atoms with van der Waals surface area (Å²) in [5.41, 5.74) is 1.01. The summed E-state index contributed by atoms with van der Waals surface area (Å²) >= 11 is 0. The van der Waals surface area contributed by atoms with Crippen molar-refractivity contribution in [1.82, 2.24) is 4.90 Å². The molecule has 3 heteroatoms. The molecule has 1 aliphatic heterocycles. The number of benzene rings is 1. The van der Waals surface area contributed by atoms with Gasteiger partial charge in [0, 0.05) is 13.1 Å². The van der Waals surface area contributed by atoms with Crippen LogP contribution < -0.4 is 0 Å². The number of piperidine rings is 1. The second-order valence-electron chi connectivity index (χ2n) is 5.35. The van der Waals surface area contributed by atoms with Crippen molar-refractivity contribution in [2.75, 3.05) is 20.1 Å². The molecule has 1 unspecified atom stereocenters. The highest BCUT2D eigenvalue weighted by Crippen LogP contribution is 2.36. The Labute approximate surface area is 109 Å². The molecule has 1 aliphatic rings. The van der Waals surface area contributed by atoms with Crippen LogP contribution in [0.3, 0.4) is 0 Å². The Morgan fingerprint density at radius 3 is 2.50 bits per heavy atom. The van der Waals surface area contributed by atoms with Gasteiger partial charge >= 0.3 is 0 Å². The number of aliphatic hydroxyl groups is 2. The minimum absolute atomic E-state index is 0.482. The normalized spacial score (nSPS) is 21.8. The van der Waals surface area contributed by atoms with E-state index < -0.39 is 11.7 Å². The summed E-state index contributed by atoms with van der Waals surface area (Å²) in [6.07, 6.45) is 1.66. The van der Waals surface area contributed by atoms with E-state index in [1.807, 2.05) is 31.2 Å². The Bertz CT molecular complexity index is 397. The van der Waals surface area contributed by atoms with Crippen molar-refractivity contribution in [3.05, 3.63) is 35.4 Å². The number of rotatable bonds is 3. The summed E-state index contributed by atoms with van der Waals surface area (Å²) in [5.74, 6) is 0. The molecule has 1 aromatic carbocycles. The number of hydrogen-bond donors (Lipinski definition) is 2. The molecule has 100 valence electrons. The fourth-order valence-corrected chi connectivity index (χ4v) is 2.69. The molecule has 3 nitrogen and oxygen atoms in total. The van der Waals surface area contributed by atoms with Gasteiger partial charge in [0.15, 0.2) is 0 Å². The molecule has 0 amide bonds. The average molecular weight is 249 g/mol. The van der Waals surface area contributed by atoms with Crippen LogP contribution in [0.1, 0.15) is 43.4 Å². The lowest BCUT2D eigenvalue weighted by atomic mass is 9.80. The molecule has 0 aliphatic carbocycles. The number of aliphatic hydroxyl groups excluding tert-OH is 1. The molecular formula is C15H23NO2. The average Bonchev–Trinajstić information content (AvgIpc) is 2.41.